The number of fused-ring (bicyclic) bond motifs is 1. The average molecular weight is 365 g/mol. The van der Waals surface area contributed by atoms with Crippen LogP contribution in [0, 0.1) is 13.8 Å². The van der Waals surface area contributed by atoms with Crippen molar-refractivity contribution in [3.8, 4) is 5.75 Å². The Morgan fingerprint density at radius 1 is 1.15 bits per heavy atom. The van der Waals surface area contributed by atoms with Gasteiger partial charge in [0.05, 0.1) is 19.9 Å². The topological polar surface area (TPSA) is 64.8 Å². The molecule has 0 aliphatic carbocycles. The van der Waals surface area contributed by atoms with Gasteiger partial charge in [-0.3, -0.25) is 0 Å². The van der Waals surface area contributed by atoms with Gasteiger partial charge in [-0.15, -0.1) is 0 Å². The molecule has 0 spiro atoms. The maximum atomic E-state index is 11.1. The first-order valence-electron chi connectivity index (χ1n) is 8.74. The van der Waals surface area contributed by atoms with Crippen molar-refractivity contribution in [2.45, 2.75) is 20.4 Å². The number of rotatable bonds is 6. The summed E-state index contributed by atoms with van der Waals surface area (Å²) < 4.78 is 12.7. The fourth-order valence-electron chi connectivity index (χ4n) is 3.04. The third-order valence-electron chi connectivity index (χ3n) is 4.35. The Bertz CT molecular complexity index is 956. The van der Waals surface area contributed by atoms with E-state index in [9.17, 15) is 4.79 Å². The molecule has 1 aromatic heterocycles. The highest BCUT2D eigenvalue weighted by atomic mass is 16.5. The standard InChI is InChI=1S/C21H23N3O3/c1-15-7-6-8-16(2)20(15)27-12-11-24-14-17(13-22-23-21(25)26-3)18-9-4-5-10-19(18)24/h4-10,13-14H,11-12H2,1-3H3,(H,23,25). The van der Waals surface area contributed by atoms with Crippen molar-refractivity contribution in [1.29, 1.82) is 0 Å². The molecule has 0 bridgehead atoms. The second-order valence-corrected chi connectivity index (χ2v) is 6.23. The number of nitrogens with one attached hydrogen (secondary N) is 1. The maximum Gasteiger partial charge on any atom is 0.427 e. The van der Waals surface area contributed by atoms with E-state index < -0.39 is 6.09 Å². The smallest absolute Gasteiger partial charge is 0.427 e. The average Bonchev–Trinajstić information content (AvgIpc) is 3.02. The Morgan fingerprint density at radius 3 is 2.63 bits per heavy atom. The zero-order valence-electron chi connectivity index (χ0n) is 15.7. The number of hydrogen-bond donors (Lipinski definition) is 1. The van der Waals surface area contributed by atoms with Crippen LogP contribution in [0.15, 0.2) is 53.8 Å². The summed E-state index contributed by atoms with van der Waals surface area (Å²) >= 11 is 0. The van der Waals surface area contributed by atoms with Crippen molar-refractivity contribution in [2.75, 3.05) is 13.7 Å². The van der Waals surface area contributed by atoms with Crippen molar-refractivity contribution < 1.29 is 14.3 Å². The number of ether oxygens (including phenoxy) is 2. The number of methoxy groups -OCH3 is 1. The summed E-state index contributed by atoms with van der Waals surface area (Å²) in [5.74, 6) is 0.943. The summed E-state index contributed by atoms with van der Waals surface area (Å²) in [5.41, 5.74) is 6.57. The van der Waals surface area contributed by atoms with Crippen LogP contribution in [-0.4, -0.2) is 30.6 Å². The molecule has 6 nitrogen and oxygen atoms in total. The minimum absolute atomic E-state index is 0.557. The van der Waals surface area contributed by atoms with Gasteiger partial charge < -0.3 is 14.0 Å². The number of carbonyl (C=O) groups is 1. The van der Waals surface area contributed by atoms with Crippen LogP contribution < -0.4 is 10.2 Å². The molecule has 3 rings (SSSR count). The lowest BCUT2D eigenvalue weighted by molar-refractivity contribution is 0.171. The molecule has 1 amide bonds. The van der Waals surface area contributed by atoms with Gasteiger partial charge >= 0.3 is 6.09 Å². The number of hydrogen-bond acceptors (Lipinski definition) is 4. The molecule has 0 radical (unpaired) electrons. The molecule has 0 fully saturated rings. The van der Waals surface area contributed by atoms with Gasteiger partial charge in [0.15, 0.2) is 0 Å². The normalized spacial score (nSPS) is 11.1. The van der Waals surface area contributed by atoms with Crippen LogP contribution in [0.4, 0.5) is 4.79 Å². The summed E-state index contributed by atoms with van der Waals surface area (Å²) in [4.78, 5) is 11.1. The summed E-state index contributed by atoms with van der Waals surface area (Å²) in [5, 5.41) is 4.99. The molecule has 0 unspecified atom stereocenters. The van der Waals surface area contributed by atoms with E-state index in [4.69, 9.17) is 4.74 Å². The zero-order chi connectivity index (χ0) is 19.2. The fraction of sp³-hybridized carbons (Fsp3) is 0.238. The van der Waals surface area contributed by atoms with Crippen molar-refractivity contribution in [3.05, 3.63) is 65.4 Å². The maximum absolute atomic E-state index is 11.1. The SMILES string of the molecule is COC(=O)NN=Cc1cn(CCOc2c(C)cccc2C)c2ccccc12. The van der Waals surface area contributed by atoms with Gasteiger partial charge in [-0.2, -0.15) is 5.10 Å². The largest absolute Gasteiger partial charge is 0.491 e. The fourth-order valence-corrected chi connectivity index (χ4v) is 3.04. The number of para-hydroxylation sites is 2. The van der Waals surface area contributed by atoms with Gasteiger partial charge in [-0.1, -0.05) is 36.4 Å². The van der Waals surface area contributed by atoms with Crippen LogP contribution in [0.1, 0.15) is 16.7 Å². The summed E-state index contributed by atoms with van der Waals surface area (Å²) in [7, 11) is 1.30. The van der Waals surface area contributed by atoms with Gasteiger partial charge in [0.1, 0.15) is 12.4 Å². The highest BCUT2D eigenvalue weighted by molar-refractivity contribution is 5.99. The Balaban J connectivity index is 1.76. The summed E-state index contributed by atoms with van der Waals surface area (Å²) in [6, 6.07) is 14.2. The molecule has 2 aromatic carbocycles. The molecule has 0 aliphatic rings. The number of aromatic nitrogens is 1. The Morgan fingerprint density at radius 2 is 1.89 bits per heavy atom. The summed E-state index contributed by atoms with van der Waals surface area (Å²) in [6.45, 7) is 5.36. The van der Waals surface area contributed by atoms with Gasteiger partial charge in [0.25, 0.3) is 0 Å². The molecule has 1 N–H and O–H groups in total. The van der Waals surface area contributed by atoms with E-state index >= 15 is 0 Å². The second kappa shape index (κ2) is 8.40. The second-order valence-electron chi connectivity index (χ2n) is 6.23. The zero-order valence-corrected chi connectivity index (χ0v) is 15.7. The molecule has 3 aromatic rings. The van der Waals surface area contributed by atoms with E-state index in [-0.39, 0.29) is 0 Å². The molecule has 27 heavy (non-hydrogen) atoms. The van der Waals surface area contributed by atoms with E-state index in [1.807, 2.05) is 30.5 Å². The Kier molecular flexibility index (Phi) is 5.76. The lowest BCUT2D eigenvalue weighted by Crippen LogP contribution is -2.16. The molecule has 0 atom stereocenters. The van der Waals surface area contributed by atoms with E-state index in [0.29, 0.717) is 13.2 Å². The number of hydrazone groups is 1. The predicted molar refractivity (Wildman–Crippen MR) is 106 cm³/mol. The van der Waals surface area contributed by atoms with E-state index in [2.05, 4.69) is 51.9 Å². The van der Waals surface area contributed by atoms with E-state index in [0.717, 1.165) is 33.3 Å². The lowest BCUT2D eigenvalue weighted by atomic mass is 10.1. The van der Waals surface area contributed by atoms with Crippen molar-refractivity contribution in [1.82, 2.24) is 9.99 Å². The molecule has 0 saturated heterocycles. The van der Waals surface area contributed by atoms with Crippen LogP contribution in [0.3, 0.4) is 0 Å². The number of amides is 1. The van der Waals surface area contributed by atoms with Crippen molar-refractivity contribution in [3.63, 3.8) is 0 Å². The van der Waals surface area contributed by atoms with Crippen LogP contribution in [0.5, 0.6) is 5.75 Å². The highest BCUT2D eigenvalue weighted by Gasteiger charge is 2.08. The summed E-state index contributed by atoms with van der Waals surface area (Å²) in [6.07, 6.45) is 3.01. The van der Waals surface area contributed by atoms with Crippen LogP contribution in [-0.2, 0) is 11.3 Å². The first kappa shape index (κ1) is 18.5. The molecular weight excluding hydrogens is 342 g/mol. The first-order chi connectivity index (χ1) is 13.1. The van der Waals surface area contributed by atoms with Crippen molar-refractivity contribution >= 4 is 23.2 Å². The Hall–Kier alpha value is -3.28. The predicted octanol–water partition coefficient (Wildman–Crippen LogP) is 4.03. The number of nitrogens with zero attached hydrogens (tertiary/aromatic N) is 2. The molecule has 140 valence electrons. The first-order valence-corrected chi connectivity index (χ1v) is 8.74. The van der Waals surface area contributed by atoms with E-state index in [1.165, 1.54) is 7.11 Å². The number of aryl methyl sites for hydroxylation is 2. The quantitative estimate of drug-likeness (QED) is 0.530. The number of carbonyl (C=O) groups excluding carboxylic acids is 1. The molecule has 1 heterocycles. The molecule has 0 aliphatic heterocycles. The lowest BCUT2D eigenvalue weighted by Gasteiger charge is -2.12. The van der Waals surface area contributed by atoms with Crippen LogP contribution in [0.2, 0.25) is 0 Å². The van der Waals surface area contributed by atoms with Gasteiger partial charge in [-0.25, -0.2) is 10.2 Å². The van der Waals surface area contributed by atoms with Crippen LogP contribution in [0.25, 0.3) is 10.9 Å². The Labute approximate surface area is 158 Å². The third kappa shape index (κ3) is 4.28. The van der Waals surface area contributed by atoms with Gasteiger partial charge in [-0.05, 0) is 31.0 Å². The monoisotopic (exact) mass is 365 g/mol. The minimum Gasteiger partial charge on any atom is -0.491 e. The molecular formula is C21H23N3O3. The van der Waals surface area contributed by atoms with E-state index in [1.54, 1.807) is 6.21 Å². The number of benzene rings is 2. The molecule has 6 heteroatoms. The van der Waals surface area contributed by atoms with Gasteiger partial charge in [0.2, 0.25) is 0 Å². The van der Waals surface area contributed by atoms with Gasteiger partial charge in [0, 0.05) is 22.7 Å². The minimum atomic E-state index is -0.600. The van der Waals surface area contributed by atoms with Crippen molar-refractivity contribution in [2.24, 2.45) is 5.10 Å². The molecule has 0 saturated carbocycles. The van der Waals surface area contributed by atoms with Crippen LogP contribution >= 0.6 is 0 Å². The highest BCUT2D eigenvalue weighted by Crippen LogP contribution is 2.23. The third-order valence-corrected chi connectivity index (χ3v) is 4.35.